The number of carbonyl (C=O) groups excluding carboxylic acids is 2. The second-order valence-electron chi connectivity index (χ2n) is 11.0. The Labute approximate surface area is 247 Å². The van der Waals surface area contributed by atoms with Crippen LogP contribution < -0.4 is 11.1 Å². The summed E-state index contributed by atoms with van der Waals surface area (Å²) in [6.45, 7) is 3.31. The molecule has 8 heteroatoms. The molecule has 2 fully saturated rings. The number of benzene rings is 2. The van der Waals surface area contributed by atoms with E-state index in [4.69, 9.17) is 10.5 Å². The van der Waals surface area contributed by atoms with Gasteiger partial charge in [0, 0.05) is 44.1 Å². The molecule has 2 aliphatic rings. The first kappa shape index (κ1) is 30.3. The summed E-state index contributed by atoms with van der Waals surface area (Å²) < 4.78 is 5.49. The fraction of sp³-hybridized carbons (Fsp3) is 0.438. The van der Waals surface area contributed by atoms with Crippen molar-refractivity contribution in [3.8, 4) is 11.1 Å². The molecular weight excluding hydrogens is 542 g/mol. The number of nitrogens with zero attached hydrogens (tertiary/aromatic N) is 1. The lowest BCUT2D eigenvalue weighted by atomic mass is 9.72. The van der Waals surface area contributed by atoms with Crippen molar-refractivity contribution in [2.45, 2.75) is 44.6 Å². The summed E-state index contributed by atoms with van der Waals surface area (Å²) in [5, 5.41) is 5.30. The van der Waals surface area contributed by atoms with Crippen molar-refractivity contribution in [3.63, 3.8) is 0 Å². The molecule has 2 aromatic carbocycles. The Bertz CT molecular complexity index is 1210. The first-order valence-electron chi connectivity index (χ1n) is 14.1. The summed E-state index contributed by atoms with van der Waals surface area (Å²) in [5.41, 5.74) is 9.25. The predicted molar refractivity (Wildman–Crippen MR) is 164 cm³/mol. The molecule has 3 aromatic rings. The summed E-state index contributed by atoms with van der Waals surface area (Å²) in [6, 6.07) is 22.3. The van der Waals surface area contributed by atoms with Crippen LogP contribution in [0.1, 0.15) is 36.1 Å². The Morgan fingerprint density at radius 1 is 0.975 bits per heavy atom. The van der Waals surface area contributed by atoms with E-state index >= 15 is 0 Å². The van der Waals surface area contributed by atoms with E-state index in [0.29, 0.717) is 51.2 Å². The lowest BCUT2D eigenvalue weighted by molar-refractivity contribution is -0.141. The number of hydrogen-bond acceptors (Lipinski definition) is 5. The summed E-state index contributed by atoms with van der Waals surface area (Å²) >= 11 is 1.63. The Hall–Kier alpha value is -2.71. The first-order valence-corrected chi connectivity index (χ1v) is 15.0. The van der Waals surface area contributed by atoms with Crippen LogP contribution in [-0.2, 0) is 27.2 Å². The first-order chi connectivity index (χ1) is 19.0. The van der Waals surface area contributed by atoms with Crippen LogP contribution in [0.5, 0.6) is 0 Å². The van der Waals surface area contributed by atoms with E-state index in [2.05, 4.69) is 41.7 Å². The summed E-state index contributed by atoms with van der Waals surface area (Å²) in [6.07, 6.45) is 4.44. The Kier molecular flexibility index (Phi) is 10.8. The van der Waals surface area contributed by atoms with Crippen molar-refractivity contribution >= 4 is 35.6 Å². The fourth-order valence-electron chi connectivity index (χ4n) is 5.82. The van der Waals surface area contributed by atoms with Gasteiger partial charge in [0.1, 0.15) is 0 Å². The van der Waals surface area contributed by atoms with Crippen LogP contribution in [-0.4, -0.2) is 55.6 Å². The van der Waals surface area contributed by atoms with Gasteiger partial charge in [0.25, 0.3) is 0 Å². The molecule has 6 nitrogen and oxygen atoms in total. The molecule has 1 aromatic heterocycles. The van der Waals surface area contributed by atoms with Gasteiger partial charge in [-0.1, -0.05) is 60.7 Å². The van der Waals surface area contributed by atoms with Gasteiger partial charge in [-0.3, -0.25) is 9.59 Å². The largest absolute Gasteiger partial charge is 0.381 e. The summed E-state index contributed by atoms with van der Waals surface area (Å²) in [5.74, 6) is 0.546. The van der Waals surface area contributed by atoms with Gasteiger partial charge in [0.2, 0.25) is 11.8 Å². The Morgan fingerprint density at radius 3 is 2.30 bits per heavy atom. The van der Waals surface area contributed by atoms with Gasteiger partial charge in [0.15, 0.2) is 0 Å². The molecule has 2 amide bonds. The monoisotopic (exact) mass is 581 g/mol. The minimum Gasteiger partial charge on any atom is -0.381 e. The topological polar surface area (TPSA) is 84.7 Å². The number of carbonyl (C=O) groups is 2. The van der Waals surface area contributed by atoms with Crippen LogP contribution in [0.2, 0.25) is 0 Å². The van der Waals surface area contributed by atoms with Gasteiger partial charge < -0.3 is 20.7 Å². The maximum Gasteiger partial charge on any atom is 0.239 e. The normalized spacial score (nSPS) is 18.0. The number of hydrogen-bond donors (Lipinski definition) is 2. The SMILES string of the molecule is Cl.N[C@@H](Cc1cccs1)C(=O)N1CCC(Cc2ccc(-c3ccccc3)cc2)(C(=O)NCC2CCOCC2)CC1. The van der Waals surface area contributed by atoms with Crippen LogP contribution in [0.4, 0.5) is 0 Å². The molecule has 0 bridgehead atoms. The second-order valence-corrected chi connectivity index (χ2v) is 12.0. The van der Waals surface area contributed by atoms with Crippen LogP contribution in [0.25, 0.3) is 11.1 Å². The highest BCUT2D eigenvalue weighted by atomic mass is 35.5. The van der Waals surface area contributed by atoms with Crippen LogP contribution >= 0.6 is 23.7 Å². The van der Waals surface area contributed by atoms with Gasteiger partial charge in [-0.15, -0.1) is 23.7 Å². The third-order valence-corrected chi connectivity index (χ3v) is 9.23. The minimum atomic E-state index is -0.552. The lowest BCUT2D eigenvalue weighted by Crippen LogP contribution is -2.54. The molecule has 3 heterocycles. The maximum atomic E-state index is 13.8. The molecule has 0 unspecified atom stereocenters. The van der Waals surface area contributed by atoms with E-state index in [-0.39, 0.29) is 24.2 Å². The zero-order valence-corrected chi connectivity index (χ0v) is 24.6. The number of amides is 2. The number of halogens is 1. The molecule has 1 atom stereocenters. The van der Waals surface area contributed by atoms with E-state index in [1.165, 1.54) is 5.56 Å². The van der Waals surface area contributed by atoms with E-state index in [9.17, 15) is 9.59 Å². The average molecular weight is 582 g/mol. The molecule has 0 radical (unpaired) electrons. The van der Waals surface area contributed by atoms with Gasteiger partial charge in [-0.05, 0) is 66.2 Å². The number of nitrogens with two attached hydrogens (primary N) is 1. The smallest absolute Gasteiger partial charge is 0.239 e. The zero-order valence-electron chi connectivity index (χ0n) is 22.9. The van der Waals surface area contributed by atoms with Crippen molar-refractivity contribution in [3.05, 3.63) is 82.6 Å². The molecule has 3 N–H and O–H groups in total. The zero-order chi connectivity index (χ0) is 27.1. The minimum absolute atomic E-state index is 0. The number of ether oxygens (including phenoxy) is 1. The lowest BCUT2D eigenvalue weighted by Gasteiger charge is -2.42. The Morgan fingerprint density at radius 2 is 1.65 bits per heavy atom. The molecular formula is C32H40ClN3O3S. The van der Waals surface area contributed by atoms with Crippen LogP contribution in [0.3, 0.4) is 0 Å². The highest BCUT2D eigenvalue weighted by Crippen LogP contribution is 2.37. The standard InChI is InChI=1S/C32H39N3O3S.ClH/c33-29(21-28-7-4-20-39-28)30(36)35-16-14-32(15-17-35,31(37)34-23-25-12-18-38-19-13-25)22-24-8-10-27(11-9-24)26-5-2-1-3-6-26;/h1-11,20,25,29H,12-19,21-23,33H2,(H,34,37);1H/t29-;/m0./s1. The van der Waals surface area contributed by atoms with Gasteiger partial charge >= 0.3 is 0 Å². The number of nitrogens with one attached hydrogen (secondary N) is 1. The summed E-state index contributed by atoms with van der Waals surface area (Å²) in [7, 11) is 0. The molecule has 0 spiro atoms. The Balaban J connectivity index is 0.00000370. The molecule has 2 aliphatic heterocycles. The van der Waals surface area contributed by atoms with Gasteiger partial charge in [-0.2, -0.15) is 0 Å². The van der Waals surface area contributed by atoms with Crippen LogP contribution in [0.15, 0.2) is 72.1 Å². The highest BCUT2D eigenvalue weighted by Gasteiger charge is 2.43. The molecule has 40 heavy (non-hydrogen) atoms. The quantitative estimate of drug-likeness (QED) is 0.368. The molecule has 2 saturated heterocycles. The number of piperidine rings is 1. The number of rotatable bonds is 9. The van der Waals surface area contributed by atoms with Gasteiger partial charge in [-0.25, -0.2) is 0 Å². The number of thiophene rings is 1. The van der Waals surface area contributed by atoms with Crippen molar-refractivity contribution in [1.29, 1.82) is 0 Å². The van der Waals surface area contributed by atoms with E-state index in [1.54, 1.807) is 11.3 Å². The molecule has 5 rings (SSSR count). The third-order valence-electron chi connectivity index (χ3n) is 8.33. The molecule has 0 saturated carbocycles. The predicted octanol–water partition coefficient (Wildman–Crippen LogP) is 5.10. The van der Waals surface area contributed by atoms with Gasteiger partial charge in [0.05, 0.1) is 11.5 Å². The number of likely N-dealkylation sites (tertiary alicyclic amines) is 1. The maximum absolute atomic E-state index is 13.8. The van der Waals surface area contributed by atoms with E-state index in [0.717, 1.165) is 42.1 Å². The average Bonchev–Trinajstić information content (AvgIpc) is 3.50. The molecule has 0 aliphatic carbocycles. The van der Waals surface area contributed by atoms with E-state index in [1.807, 2.05) is 40.6 Å². The van der Waals surface area contributed by atoms with Crippen molar-refractivity contribution in [1.82, 2.24) is 10.2 Å². The second kappa shape index (κ2) is 14.3. The van der Waals surface area contributed by atoms with Crippen LogP contribution in [0, 0.1) is 11.3 Å². The van der Waals surface area contributed by atoms with Crippen molar-refractivity contribution < 1.29 is 14.3 Å². The van der Waals surface area contributed by atoms with Crippen molar-refractivity contribution in [2.24, 2.45) is 17.1 Å². The molecule has 214 valence electrons. The van der Waals surface area contributed by atoms with E-state index < -0.39 is 11.5 Å². The summed E-state index contributed by atoms with van der Waals surface area (Å²) in [4.78, 5) is 30.0. The third kappa shape index (κ3) is 7.52. The van der Waals surface area contributed by atoms with Crippen molar-refractivity contribution in [2.75, 3.05) is 32.8 Å². The highest BCUT2D eigenvalue weighted by molar-refractivity contribution is 7.09. The fourth-order valence-corrected chi connectivity index (χ4v) is 6.58.